The molecule has 5 fully saturated rings. The van der Waals surface area contributed by atoms with E-state index in [0.717, 1.165) is 97.5 Å². The SMILES string of the molecule is C[C@H]1CCc2c(ccc(-c3cnn(C4CCN(CC(=O)N5CCC(Oc6ccc7c(c6)C(=O)N(C6CCC(=O)NC6=O)C7=O)CC5)CC4)c3)c2OC2CCC2)N1C(=O)C1CC1. The molecule has 10 rings (SSSR count). The third-order valence-corrected chi connectivity index (χ3v) is 14.0. The average Bonchev–Trinajstić information content (AvgIpc) is 3.93. The van der Waals surface area contributed by atoms with Crippen LogP contribution >= 0.6 is 0 Å². The first-order valence-corrected chi connectivity index (χ1v) is 22.3. The number of carbonyl (C=O) groups excluding carboxylic acids is 6. The highest BCUT2D eigenvalue weighted by atomic mass is 16.5. The van der Waals surface area contributed by atoms with Crippen molar-refractivity contribution in [2.45, 2.75) is 121 Å². The number of amides is 6. The number of rotatable bonds is 10. The van der Waals surface area contributed by atoms with Crippen LogP contribution in [0.25, 0.3) is 11.1 Å². The van der Waals surface area contributed by atoms with Gasteiger partial charge in [-0.1, -0.05) is 0 Å². The maximum atomic E-state index is 13.5. The summed E-state index contributed by atoms with van der Waals surface area (Å²) in [6, 6.07) is 8.39. The molecular weight excluding hydrogens is 779 g/mol. The van der Waals surface area contributed by atoms with Crippen LogP contribution < -0.4 is 19.7 Å². The minimum atomic E-state index is -1.02. The number of hydrogen-bond acceptors (Lipinski definition) is 10. The van der Waals surface area contributed by atoms with Gasteiger partial charge in [-0.3, -0.25) is 48.6 Å². The van der Waals surface area contributed by atoms with Crippen LogP contribution in [-0.2, 0) is 25.6 Å². The summed E-state index contributed by atoms with van der Waals surface area (Å²) >= 11 is 0. The molecule has 3 aromatic rings. The lowest BCUT2D eigenvalue weighted by Crippen LogP contribution is -2.54. The van der Waals surface area contributed by atoms with Gasteiger partial charge in [0.15, 0.2) is 0 Å². The van der Waals surface area contributed by atoms with Gasteiger partial charge in [0.2, 0.25) is 23.6 Å². The zero-order chi connectivity index (χ0) is 41.9. The van der Waals surface area contributed by atoms with Crippen LogP contribution in [0.15, 0.2) is 42.7 Å². The Bertz CT molecular complexity index is 2280. The van der Waals surface area contributed by atoms with Crippen LogP contribution in [0, 0.1) is 5.92 Å². The van der Waals surface area contributed by atoms with E-state index in [2.05, 4.69) is 40.2 Å². The number of nitrogens with one attached hydrogen (secondary N) is 1. The number of ether oxygens (including phenoxy) is 2. The summed E-state index contributed by atoms with van der Waals surface area (Å²) in [4.78, 5) is 84.4. The van der Waals surface area contributed by atoms with Gasteiger partial charge in [0.05, 0.1) is 41.7 Å². The summed E-state index contributed by atoms with van der Waals surface area (Å²) in [5.41, 5.74) is 4.61. The number of carbonyl (C=O) groups is 6. The fraction of sp³-hybridized carbons (Fsp3) is 0.543. The fourth-order valence-corrected chi connectivity index (χ4v) is 9.93. The highest BCUT2D eigenvalue weighted by Gasteiger charge is 2.45. The second kappa shape index (κ2) is 16.0. The first-order valence-electron chi connectivity index (χ1n) is 22.3. The smallest absolute Gasteiger partial charge is 0.262 e. The number of fused-ring (bicyclic) bond motifs is 2. The quantitative estimate of drug-likeness (QED) is 0.284. The third-order valence-electron chi connectivity index (χ3n) is 14.0. The lowest BCUT2D eigenvalue weighted by atomic mass is 9.91. The predicted octanol–water partition coefficient (Wildman–Crippen LogP) is 4.67. The van der Waals surface area contributed by atoms with Gasteiger partial charge >= 0.3 is 0 Å². The summed E-state index contributed by atoms with van der Waals surface area (Å²) in [6.45, 7) is 5.23. The molecule has 0 spiro atoms. The molecule has 320 valence electrons. The number of piperidine rings is 3. The van der Waals surface area contributed by atoms with E-state index in [1.165, 1.54) is 6.42 Å². The number of benzene rings is 2. The van der Waals surface area contributed by atoms with Gasteiger partial charge in [-0.15, -0.1) is 0 Å². The molecule has 2 atom stereocenters. The van der Waals surface area contributed by atoms with Crippen molar-refractivity contribution in [2.24, 2.45) is 5.92 Å². The van der Waals surface area contributed by atoms with Crippen molar-refractivity contribution in [3.8, 4) is 22.6 Å². The molecule has 61 heavy (non-hydrogen) atoms. The molecule has 0 bridgehead atoms. The lowest BCUT2D eigenvalue weighted by molar-refractivity contribution is -0.136. The molecule has 1 unspecified atom stereocenters. The van der Waals surface area contributed by atoms with Crippen LogP contribution in [0.5, 0.6) is 11.5 Å². The minimum absolute atomic E-state index is 0.0607. The van der Waals surface area contributed by atoms with Crippen molar-refractivity contribution in [2.75, 3.05) is 37.6 Å². The number of imide groups is 2. The number of nitrogens with zero attached hydrogens (tertiary/aromatic N) is 6. The molecule has 3 saturated heterocycles. The largest absolute Gasteiger partial charge is 0.490 e. The lowest BCUT2D eigenvalue weighted by Gasteiger charge is -2.38. The standard InChI is InChI=1S/C46H53N7O8/c1-27-5-9-36-38(52(27)44(57)28-6-7-28)12-11-34(42(36)61-31-3-2-4-31)29-24-47-51(25-29)30-15-19-49(20-16-30)26-41(55)50-21-17-32(18-22-50)60-33-8-10-35-37(23-33)46(59)53(45(35)58)39-13-14-40(54)48-43(39)56/h8,10-12,23-25,27-28,30-32,39H,2-7,9,13-22,26H2,1H3,(H,48,54,56)/t27-,39?/m0/s1. The van der Waals surface area contributed by atoms with Crippen molar-refractivity contribution in [1.29, 1.82) is 0 Å². The van der Waals surface area contributed by atoms with Crippen molar-refractivity contribution in [3.63, 3.8) is 0 Å². The average molecular weight is 832 g/mol. The minimum Gasteiger partial charge on any atom is -0.490 e. The Balaban J connectivity index is 0.720. The van der Waals surface area contributed by atoms with Crippen LogP contribution in [-0.4, -0.2) is 117 Å². The molecular formula is C46H53N7O8. The Hall–Kier alpha value is -5.57. The summed E-state index contributed by atoms with van der Waals surface area (Å²) < 4.78 is 15.1. The Kier molecular flexibility index (Phi) is 10.4. The molecule has 0 radical (unpaired) electrons. The van der Waals surface area contributed by atoms with Crippen molar-refractivity contribution in [3.05, 3.63) is 59.4 Å². The van der Waals surface area contributed by atoms with Crippen molar-refractivity contribution in [1.82, 2.24) is 29.8 Å². The first-order chi connectivity index (χ1) is 29.6. The summed E-state index contributed by atoms with van der Waals surface area (Å²) in [5, 5.41) is 7.07. The molecule has 6 heterocycles. The van der Waals surface area contributed by atoms with Crippen molar-refractivity contribution >= 4 is 41.1 Å². The van der Waals surface area contributed by atoms with Crippen LogP contribution in [0.1, 0.15) is 116 Å². The normalized spacial score (nSPS) is 24.0. The second-order valence-electron chi connectivity index (χ2n) is 18.0. The van der Waals surface area contributed by atoms with Crippen LogP contribution in [0.4, 0.5) is 5.69 Å². The van der Waals surface area contributed by atoms with E-state index in [9.17, 15) is 28.8 Å². The Labute approximate surface area is 354 Å². The van der Waals surface area contributed by atoms with E-state index in [1.807, 2.05) is 16.0 Å². The summed E-state index contributed by atoms with van der Waals surface area (Å²) in [7, 11) is 0. The number of aromatic nitrogens is 2. The molecule has 1 N–H and O–H groups in total. The predicted molar refractivity (Wildman–Crippen MR) is 222 cm³/mol. The molecule has 7 aliphatic rings. The van der Waals surface area contributed by atoms with Gasteiger partial charge in [0, 0.05) is 80.3 Å². The maximum absolute atomic E-state index is 13.5. The van der Waals surface area contributed by atoms with Gasteiger partial charge in [0.1, 0.15) is 23.6 Å². The molecule has 15 heteroatoms. The highest BCUT2D eigenvalue weighted by molar-refractivity contribution is 6.23. The van der Waals surface area contributed by atoms with Crippen LogP contribution in [0.2, 0.25) is 0 Å². The van der Waals surface area contributed by atoms with Crippen LogP contribution in [0.3, 0.4) is 0 Å². The van der Waals surface area contributed by atoms with E-state index in [1.54, 1.807) is 18.2 Å². The van der Waals surface area contributed by atoms with Gasteiger partial charge in [-0.2, -0.15) is 5.10 Å². The highest BCUT2D eigenvalue weighted by Crippen LogP contribution is 2.46. The van der Waals surface area contributed by atoms with E-state index in [0.29, 0.717) is 38.2 Å². The summed E-state index contributed by atoms with van der Waals surface area (Å²) in [6.07, 6.45) is 14.4. The molecule has 2 aliphatic carbocycles. The van der Waals surface area contributed by atoms with E-state index in [4.69, 9.17) is 14.6 Å². The maximum Gasteiger partial charge on any atom is 0.262 e. The fourth-order valence-electron chi connectivity index (χ4n) is 9.93. The first kappa shape index (κ1) is 39.6. The van der Waals surface area contributed by atoms with E-state index < -0.39 is 29.7 Å². The Morgan fingerprint density at radius 1 is 0.787 bits per heavy atom. The molecule has 6 amide bonds. The topological polar surface area (TPSA) is 164 Å². The zero-order valence-corrected chi connectivity index (χ0v) is 34.7. The second-order valence-corrected chi connectivity index (χ2v) is 18.0. The van der Waals surface area contributed by atoms with Gasteiger partial charge < -0.3 is 19.3 Å². The van der Waals surface area contributed by atoms with E-state index >= 15 is 0 Å². The zero-order valence-electron chi connectivity index (χ0n) is 34.7. The number of likely N-dealkylation sites (tertiary alicyclic amines) is 2. The molecule has 15 nitrogen and oxygen atoms in total. The Morgan fingerprint density at radius 2 is 1.52 bits per heavy atom. The third kappa shape index (κ3) is 7.59. The molecule has 2 aromatic carbocycles. The Morgan fingerprint density at radius 3 is 2.25 bits per heavy atom. The molecule has 1 aromatic heterocycles. The van der Waals surface area contributed by atoms with E-state index in [-0.39, 0.29) is 66.0 Å². The monoisotopic (exact) mass is 831 g/mol. The van der Waals surface area contributed by atoms with Crippen molar-refractivity contribution < 1.29 is 38.2 Å². The molecule has 2 saturated carbocycles. The number of anilines is 1. The number of hydrogen-bond donors (Lipinski definition) is 1. The van der Waals surface area contributed by atoms with Gasteiger partial charge in [-0.25, -0.2) is 0 Å². The summed E-state index contributed by atoms with van der Waals surface area (Å²) in [5.74, 6) is -0.299. The van der Waals surface area contributed by atoms with Gasteiger partial charge in [-0.05, 0) is 101 Å². The van der Waals surface area contributed by atoms with Gasteiger partial charge in [0.25, 0.3) is 11.8 Å². The molecule has 5 aliphatic heterocycles.